The van der Waals surface area contributed by atoms with Crippen LogP contribution < -0.4 is 10.6 Å². The van der Waals surface area contributed by atoms with Gasteiger partial charge in [0.1, 0.15) is 0 Å². The van der Waals surface area contributed by atoms with Crippen LogP contribution in [0.2, 0.25) is 0 Å². The number of anilines is 1. The molecular weight excluding hydrogens is 256 g/mol. The van der Waals surface area contributed by atoms with Gasteiger partial charge in [0, 0.05) is 5.69 Å². The Morgan fingerprint density at radius 2 is 2.15 bits per heavy atom. The third-order valence-corrected chi connectivity index (χ3v) is 3.72. The molecule has 2 unspecified atom stereocenters. The van der Waals surface area contributed by atoms with Crippen molar-refractivity contribution in [3.8, 4) is 0 Å². The standard InChI is InChI=1S/C15H20N2O3/c1-9-5-6-16-13(7-9)14(18)17-11-4-3-10(2)12(8-11)15(19)20/h3-4,8-9,13,16H,5-7H2,1-2H3,(H,17,18)(H,19,20). The first-order chi connectivity index (χ1) is 9.47. The van der Waals surface area contributed by atoms with E-state index in [1.54, 1.807) is 19.1 Å². The molecule has 0 aromatic heterocycles. The molecule has 1 heterocycles. The normalized spacial score (nSPS) is 22.3. The molecule has 2 atom stereocenters. The van der Waals surface area contributed by atoms with E-state index in [4.69, 9.17) is 5.11 Å². The van der Waals surface area contributed by atoms with E-state index in [2.05, 4.69) is 17.6 Å². The lowest BCUT2D eigenvalue weighted by atomic mass is 9.94. The molecule has 3 N–H and O–H groups in total. The van der Waals surface area contributed by atoms with Gasteiger partial charge in [-0.15, -0.1) is 0 Å². The van der Waals surface area contributed by atoms with Crippen LogP contribution in [0.4, 0.5) is 5.69 Å². The highest BCUT2D eigenvalue weighted by Crippen LogP contribution is 2.19. The zero-order valence-electron chi connectivity index (χ0n) is 11.8. The highest BCUT2D eigenvalue weighted by molar-refractivity contribution is 5.97. The number of benzene rings is 1. The average molecular weight is 276 g/mol. The molecule has 1 aliphatic rings. The van der Waals surface area contributed by atoms with Crippen LogP contribution in [0.25, 0.3) is 0 Å². The third-order valence-electron chi connectivity index (χ3n) is 3.72. The average Bonchev–Trinajstić information content (AvgIpc) is 2.40. The van der Waals surface area contributed by atoms with Crippen LogP contribution in [0.5, 0.6) is 0 Å². The van der Waals surface area contributed by atoms with E-state index in [9.17, 15) is 9.59 Å². The Labute approximate surface area is 118 Å². The Kier molecular flexibility index (Phi) is 4.39. The van der Waals surface area contributed by atoms with Crippen molar-refractivity contribution in [2.75, 3.05) is 11.9 Å². The predicted octanol–water partition coefficient (Wildman–Crippen LogP) is 2.02. The summed E-state index contributed by atoms with van der Waals surface area (Å²) in [5.74, 6) is -0.556. The van der Waals surface area contributed by atoms with Crippen molar-refractivity contribution in [3.63, 3.8) is 0 Å². The zero-order chi connectivity index (χ0) is 14.7. The maximum Gasteiger partial charge on any atom is 0.336 e. The van der Waals surface area contributed by atoms with Crippen molar-refractivity contribution < 1.29 is 14.7 Å². The third kappa shape index (κ3) is 3.36. The van der Waals surface area contributed by atoms with E-state index < -0.39 is 5.97 Å². The van der Waals surface area contributed by atoms with Crippen LogP contribution >= 0.6 is 0 Å². The summed E-state index contributed by atoms with van der Waals surface area (Å²) in [6.07, 6.45) is 1.89. The summed E-state index contributed by atoms with van der Waals surface area (Å²) in [5.41, 5.74) is 1.42. The molecular formula is C15H20N2O3. The first kappa shape index (κ1) is 14.5. The molecule has 108 valence electrons. The van der Waals surface area contributed by atoms with Gasteiger partial charge in [-0.1, -0.05) is 13.0 Å². The number of carbonyl (C=O) groups excluding carboxylic acids is 1. The topological polar surface area (TPSA) is 78.4 Å². The van der Waals surface area contributed by atoms with Gasteiger partial charge in [-0.3, -0.25) is 4.79 Å². The first-order valence-corrected chi connectivity index (χ1v) is 6.85. The number of aryl methyl sites for hydroxylation is 1. The molecule has 1 aromatic rings. The number of carboxylic acids is 1. The predicted molar refractivity (Wildman–Crippen MR) is 77.0 cm³/mol. The van der Waals surface area contributed by atoms with Crippen molar-refractivity contribution in [3.05, 3.63) is 29.3 Å². The van der Waals surface area contributed by atoms with E-state index in [1.165, 1.54) is 6.07 Å². The quantitative estimate of drug-likeness (QED) is 0.789. The van der Waals surface area contributed by atoms with Gasteiger partial charge < -0.3 is 15.7 Å². The molecule has 1 amide bonds. The minimum absolute atomic E-state index is 0.100. The number of rotatable bonds is 3. The molecule has 0 aliphatic carbocycles. The summed E-state index contributed by atoms with van der Waals surface area (Å²) in [6, 6.07) is 4.73. The van der Waals surface area contributed by atoms with Gasteiger partial charge in [0.15, 0.2) is 0 Å². The fourth-order valence-corrected chi connectivity index (χ4v) is 2.47. The van der Waals surface area contributed by atoms with Gasteiger partial charge in [-0.05, 0) is 49.9 Å². The SMILES string of the molecule is Cc1ccc(NC(=O)C2CC(C)CCN2)cc1C(=O)O. The van der Waals surface area contributed by atoms with Gasteiger partial charge in [0.2, 0.25) is 5.91 Å². The van der Waals surface area contributed by atoms with Gasteiger partial charge in [0.05, 0.1) is 11.6 Å². The molecule has 1 saturated heterocycles. The molecule has 5 nitrogen and oxygen atoms in total. The van der Waals surface area contributed by atoms with Crippen molar-refractivity contribution in [2.45, 2.75) is 32.7 Å². The summed E-state index contributed by atoms with van der Waals surface area (Å²) in [6.45, 7) is 4.71. The Morgan fingerprint density at radius 1 is 1.40 bits per heavy atom. The van der Waals surface area contributed by atoms with E-state index in [-0.39, 0.29) is 17.5 Å². The second-order valence-corrected chi connectivity index (χ2v) is 5.46. The Bertz CT molecular complexity index is 528. The van der Waals surface area contributed by atoms with Crippen molar-refractivity contribution in [1.29, 1.82) is 0 Å². The Hall–Kier alpha value is -1.88. The molecule has 2 rings (SSSR count). The van der Waals surface area contributed by atoms with Crippen LogP contribution in [0.15, 0.2) is 18.2 Å². The number of carbonyl (C=O) groups is 2. The van der Waals surface area contributed by atoms with Gasteiger partial charge in [-0.2, -0.15) is 0 Å². The maximum atomic E-state index is 12.2. The summed E-state index contributed by atoms with van der Waals surface area (Å²) < 4.78 is 0. The lowest BCUT2D eigenvalue weighted by molar-refractivity contribution is -0.119. The van der Waals surface area contributed by atoms with E-state index >= 15 is 0 Å². The molecule has 1 aromatic carbocycles. The monoisotopic (exact) mass is 276 g/mol. The summed E-state index contributed by atoms with van der Waals surface area (Å²) in [7, 11) is 0. The number of carboxylic acid groups (broad SMARTS) is 1. The number of nitrogens with one attached hydrogen (secondary N) is 2. The molecule has 1 fully saturated rings. The highest BCUT2D eigenvalue weighted by atomic mass is 16.4. The van der Waals surface area contributed by atoms with E-state index in [0.29, 0.717) is 17.2 Å². The van der Waals surface area contributed by atoms with Crippen LogP contribution in [-0.2, 0) is 4.79 Å². The largest absolute Gasteiger partial charge is 0.478 e. The van der Waals surface area contributed by atoms with E-state index in [1.807, 2.05) is 0 Å². The molecule has 0 radical (unpaired) electrons. The zero-order valence-corrected chi connectivity index (χ0v) is 11.8. The van der Waals surface area contributed by atoms with Crippen molar-refractivity contribution >= 4 is 17.6 Å². The molecule has 0 saturated carbocycles. The molecule has 0 spiro atoms. The highest BCUT2D eigenvalue weighted by Gasteiger charge is 2.24. The fraction of sp³-hybridized carbons (Fsp3) is 0.467. The fourth-order valence-electron chi connectivity index (χ4n) is 2.47. The number of hydrogen-bond acceptors (Lipinski definition) is 3. The molecule has 20 heavy (non-hydrogen) atoms. The summed E-state index contributed by atoms with van der Waals surface area (Å²) in [5, 5.41) is 15.1. The van der Waals surface area contributed by atoms with Crippen molar-refractivity contribution in [2.24, 2.45) is 5.92 Å². The van der Waals surface area contributed by atoms with Crippen LogP contribution in [-0.4, -0.2) is 29.6 Å². The second-order valence-electron chi connectivity index (χ2n) is 5.46. The van der Waals surface area contributed by atoms with Gasteiger partial charge in [0.25, 0.3) is 0 Å². The smallest absolute Gasteiger partial charge is 0.336 e. The number of piperidine rings is 1. The number of amides is 1. The van der Waals surface area contributed by atoms with Crippen LogP contribution in [0, 0.1) is 12.8 Å². The van der Waals surface area contributed by atoms with Crippen molar-refractivity contribution in [1.82, 2.24) is 5.32 Å². The maximum absolute atomic E-state index is 12.2. The van der Waals surface area contributed by atoms with E-state index in [0.717, 1.165) is 19.4 Å². The van der Waals surface area contributed by atoms with Crippen LogP contribution in [0.3, 0.4) is 0 Å². The van der Waals surface area contributed by atoms with Crippen LogP contribution in [0.1, 0.15) is 35.7 Å². The number of hydrogen-bond donors (Lipinski definition) is 3. The van der Waals surface area contributed by atoms with Gasteiger partial charge in [-0.25, -0.2) is 4.79 Å². The summed E-state index contributed by atoms with van der Waals surface area (Å²) >= 11 is 0. The first-order valence-electron chi connectivity index (χ1n) is 6.85. The Balaban J connectivity index is 2.07. The number of aromatic carboxylic acids is 1. The minimum Gasteiger partial charge on any atom is -0.478 e. The Morgan fingerprint density at radius 3 is 2.80 bits per heavy atom. The lowest BCUT2D eigenvalue weighted by Crippen LogP contribution is -2.45. The minimum atomic E-state index is -0.983. The van der Waals surface area contributed by atoms with Gasteiger partial charge >= 0.3 is 5.97 Å². The summed E-state index contributed by atoms with van der Waals surface area (Å²) in [4.78, 5) is 23.2. The molecule has 5 heteroatoms. The lowest BCUT2D eigenvalue weighted by Gasteiger charge is -2.27. The second kappa shape index (κ2) is 6.05. The molecule has 0 bridgehead atoms. The molecule has 1 aliphatic heterocycles.